The van der Waals surface area contributed by atoms with Crippen molar-refractivity contribution in [2.75, 3.05) is 13.2 Å². The van der Waals surface area contributed by atoms with Gasteiger partial charge in [-0.1, -0.05) is 74.2 Å². The van der Waals surface area contributed by atoms with E-state index >= 15 is 0 Å². The molecule has 0 radical (unpaired) electrons. The maximum atomic E-state index is 8.93. The molecule has 0 amide bonds. The van der Waals surface area contributed by atoms with Gasteiger partial charge in [0.15, 0.2) is 0 Å². The van der Waals surface area contributed by atoms with Crippen molar-refractivity contribution in [2.24, 2.45) is 0 Å². The van der Waals surface area contributed by atoms with Gasteiger partial charge in [-0.25, -0.2) is 0 Å². The summed E-state index contributed by atoms with van der Waals surface area (Å²) in [6, 6.07) is 35.8. The maximum Gasteiger partial charge on any atom is 0.119 e. The van der Waals surface area contributed by atoms with Crippen molar-refractivity contribution in [2.45, 2.75) is 38.5 Å². The van der Waals surface area contributed by atoms with Gasteiger partial charge in [0.2, 0.25) is 0 Å². The van der Waals surface area contributed by atoms with Crippen molar-refractivity contribution in [1.82, 2.24) is 0 Å². The van der Waals surface area contributed by atoms with E-state index in [1.807, 2.05) is 72.8 Å². The molecule has 190 valence electrons. The number of unbranched alkanes of at least 4 members (excludes halogenated alkanes) is 5. The fraction of sp³-hybridized carbons (Fsp3) is 0.235. The quantitative estimate of drug-likeness (QED) is 0.172. The van der Waals surface area contributed by atoms with Gasteiger partial charge in [-0.2, -0.15) is 10.5 Å². The van der Waals surface area contributed by atoms with E-state index in [1.54, 1.807) is 0 Å². The molecule has 0 aliphatic rings. The van der Waals surface area contributed by atoms with E-state index in [0.29, 0.717) is 11.1 Å². The molecule has 0 heterocycles. The highest BCUT2D eigenvalue weighted by molar-refractivity contribution is 5.65. The minimum atomic E-state index is 0.672. The summed E-state index contributed by atoms with van der Waals surface area (Å²) in [5, 5.41) is 17.9. The zero-order chi connectivity index (χ0) is 26.4. The van der Waals surface area contributed by atoms with Crippen molar-refractivity contribution >= 4 is 0 Å². The van der Waals surface area contributed by atoms with Crippen molar-refractivity contribution in [3.8, 4) is 45.9 Å². The summed E-state index contributed by atoms with van der Waals surface area (Å²) in [5.41, 5.74) is 5.77. The van der Waals surface area contributed by atoms with E-state index in [0.717, 1.165) is 59.8 Å². The molecule has 0 aliphatic heterocycles. The first-order chi connectivity index (χ1) is 18.7. The van der Waals surface area contributed by atoms with Gasteiger partial charge in [0.25, 0.3) is 0 Å². The molecule has 4 aromatic rings. The van der Waals surface area contributed by atoms with E-state index in [9.17, 15) is 0 Å². The topological polar surface area (TPSA) is 66.0 Å². The van der Waals surface area contributed by atoms with Gasteiger partial charge in [0.1, 0.15) is 11.5 Å². The normalized spacial score (nSPS) is 10.4. The van der Waals surface area contributed by atoms with Crippen LogP contribution in [-0.4, -0.2) is 13.2 Å². The Bertz CT molecular complexity index is 1240. The third kappa shape index (κ3) is 7.99. The van der Waals surface area contributed by atoms with Gasteiger partial charge in [0.05, 0.1) is 36.5 Å². The molecule has 38 heavy (non-hydrogen) atoms. The molecule has 4 aromatic carbocycles. The minimum Gasteiger partial charge on any atom is -0.494 e. The third-order valence-corrected chi connectivity index (χ3v) is 6.48. The number of benzene rings is 4. The predicted molar refractivity (Wildman–Crippen MR) is 152 cm³/mol. The lowest BCUT2D eigenvalue weighted by molar-refractivity contribution is 0.297. The largest absolute Gasteiger partial charge is 0.494 e. The molecule has 4 nitrogen and oxygen atoms in total. The summed E-state index contributed by atoms with van der Waals surface area (Å²) in [5.74, 6) is 1.79. The predicted octanol–water partition coefficient (Wildman–Crippen LogP) is 8.56. The van der Waals surface area contributed by atoms with Gasteiger partial charge in [-0.15, -0.1) is 0 Å². The monoisotopic (exact) mass is 500 g/mol. The Balaban J connectivity index is 1.04. The van der Waals surface area contributed by atoms with Crippen LogP contribution in [-0.2, 0) is 0 Å². The van der Waals surface area contributed by atoms with Crippen LogP contribution in [0.25, 0.3) is 22.3 Å². The maximum absolute atomic E-state index is 8.93. The molecule has 0 unspecified atom stereocenters. The Morgan fingerprint density at radius 2 is 0.684 bits per heavy atom. The smallest absolute Gasteiger partial charge is 0.119 e. The lowest BCUT2D eigenvalue weighted by Gasteiger charge is -2.09. The summed E-state index contributed by atoms with van der Waals surface area (Å²) in [4.78, 5) is 0. The van der Waals surface area contributed by atoms with Crippen LogP contribution in [0.2, 0.25) is 0 Å². The molecular formula is C34H32N2O2. The first kappa shape index (κ1) is 26.5. The van der Waals surface area contributed by atoms with E-state index in [-0.39, 0.29) is 0 Å². The van der Waals surface area contributed by atoms with E-state index < -0.39 is 0 Å². The van der Waals surface area contributed by atoms with Gasteiger partial charge < -0.3 is 9.47 Å². The molecule has 0 aliphatic carbocycles. The van der Waals surface area contributed by atoms with Crippen LogP contribution in [0, 0.1) is 22.7 Å². The summed E-state index contributed by atoms with van der Waals surface area (Å²) >= 11 is 0. The number of hydrogen-bond donors (Lipinski definition) is 0. The molecule has 0 fully saturated rings. The molecule has 0 atom stereocenters. The average Bonchev–Trinajstić information content (AvgIpc) is 2.99. The lowest BCUT2D eigenvalue weighted by atomic mass is 10.0. The number of nitriles is 2. The van der Waals surface area contributed by atoms with Crippen LogP contribution in [0.5, 0.6) is 11.5 Å². The number of hydrogen-bond acceptors (Lipinski definition) is 4. The first-order valence-electron chi connectivity index (χ1n) is 13.2. The Hall–Kier alpha value is -4.54. The highest BCUT2D eigenvalue weighted by Gasteiger charge is 2.02. The van der Waals surface area contributed by atoms with Crippen molar-refractivity contribution in [3.63, 3.8) is 0 Å². The summed E-state index contributed by atoms with van der Waals surface area (Å²) in [7, 11) is 0. The first-order valence-corrected chi connectivity index (χ1v) is 13.2. The van der Waals surface area contributed by atoms with Crippen LogP contribution in [0.3, 0.4) is 0 Å². The molecule has 0 saturated heterocycles. The molecule has 4 rings (SSSR count). The van der Waals surface area contributed by atoms with Gasteiger partial charge in [-0.05, 0) is 83.6 Å². The minimum absolute atomic E-state index is 0.672. The number of nitrogens with zero attached hydrogens (tertiary/aromatic N) is 2. The van der Waals surface area contributed by atoms with Crippen LogP contribution in [0.4, 0.5) is 0 Å². The van der Waals surface area contributed by atoms with Gasteiger partial charge in [0, 0.05) is 0 Å². The average molecular weight is 501 g/mol. The lowest BCUT2D eigenvalue weighted by Crippen LogP contribution is -1.98. The molecule has 0 bridgehead atoms. The van der Waals surface area contributed by atoms with E-state index in [4.69, 9.17) is 20.0 Å². The Morgan fingerprint density at radius 1 is 0.395 bits per heavy atom. The van der Waals surface area contributed by atoms with Crippen LogP contribution in [0.1, 0.15) is 49.7 Å². The second-order valence-corrected chi connectivity index (χ2v) is 9.25. The summed E-state index contributed by atoms with van der Waals surface area (Å²) in [6.45, 7) is 1.47. The summed E-state index contributed by atoms with van der Waals surface area (Å²) in [6.07, 6.45) is 6.86. The Kier molecular flexibility index (Phi) is 9.95. The molecule has 0 aromatic heterocycles. The van der Waals surface area contributed by atoms with E-state index in [2.05, 4.69) is 36.4 Å². The molecule has 0 spiro atoms. The molecule has 4 heteroatoms. The Morgan fingerprint density at radius 3 is 1.00 bits per heavy atom. The van der Waals surface area contributed by atoms with Gasteiger partial charge in [-0.3, -0.25) is 0 Å². The molecular weight excluding hydrogens is 468 g/mol. The standard InChI is InChI=1S/C34H32N2O2/c35-25-27-7-11-29(12-8-27)31-15-19-33(20-16-31)37-23-5-3-1-2-4-6-24-38-34-21-17-32(18-22-34)30-13-9-28(26-36)10-14-30/h7-22H,1-6,23-24H2. The van der Waals surface area contributed by atoms with Crippen LogP contribution < -0.4 is 9.47 Å². The second kappa shape index (κ2) is 14.3. The highest BCUT2D eigenvalue weighted by atomic mass is 16.5. The Labute approximate surface area is 225 Å². The highest BCUT2D eigenvalue weighted by Crippen LogP contribution is 2.24. The summed E-state index contributed by atoms with van der Waals surface area (Å²) < 4.78 is 11.8. The van der Waals surface area contributed by atoms with Crippen molar-refractivity contribution in [3.05, 3.63) is 108 Å². The number of rotatable bonds is 13. The van der Waals surface area contributed by atoms with Crippen LogP contribution in [0.15, 0.2) is 97.1 Å². The SMILES string of the molecule is N#Cc1ccc(-c2ccc(OCCCCCCCCOc3ccc(-c4ccc(C#N)cc4)cc3)cc2)cc1. The van der Waals surface area contributed by atoms with E-state index in [1.165, 1.54) is 25.7 Å². The van der Waals surface area contributed by atoms with Crippen molar-refractivity contribution in [1.29, 1.82) is 10.5 Å². The van der Waals surface area contributed by atoms with Gasteiger partial charge >= 0.3 is 0 Å². The second-order valence-electron chi connectivity index (χ2n) is 9.25. The number of ether oxygens (including phenoxy) is 2. The fourth-order valence-corrected chi connectivity index (χ4v) is 4.25. The molecule has 0 N–H and O–H groups in total. The molecule has 0 saturated carbocycles. The van der Waals surface area contributed by atoms with Crippen LogP contribution >= 0.6 is 0 Å². The zero-order valence-corrected chi connectivity index (χ0v) is 21.6. The third-order valence-electron chi connectivity index (χ3n) is 6.48. The van der Waals surface area contributed by atoms with Crippen molar-refractivity contribution < 1.29 is 9.47 Å². The fourth-order valence-electron chi connectivity index (χ4n) is 4.25. The zero-order valence-electron chi connectivity index (χ0n) is 21.6.